The molecule has 0 N–H and O–H groups in total. The summed E-state index contributed by atoms with van der Waals surface area (Å²) in [5.74, 6) is -1.85. The second-order valence-corrected chi connectivity index (χ2v) is 9.25. The van der Waals surface area contributed by atoms with Gasteiger partial charge in [0.05, 0.1) is 26.3 Å². The number of rotatable bonds is 9. The standard InChI is InChI=1S/C23H24FN3O6S/c1-26(21(23(29)33-3)12-22(28)32-2)14-16-11-20(18-8-4-5-9-19(18)24)27(15-16)34(30,31)17-7-6-10-25-13-17/h4-11,13,15,21H,12,14H2,1-3H3. The van der Waals surface area contributed by atoms with Crippen molar-refractivity contribution in [3.63, 3.8) is 0 Å². The number of hydrogen-bond donors (Lipinski definition) is 0. The van der Waals surface area contributed by atoms with Crippen LogP contribution in [-0.2, 0) is 35.6 Å². The molecular weight excluding hydrogens is 465 g/mol. The summed E-state index contributed by atoms with van der Waals surface area (Å²) in [4.78, 5) is 29.4. The number of halogens is 1. The minimum absolute atomic E-state index is 0.0633. The zero-order valence-corrected chi connectivity index (χ0v) is 19.7. The van der Waals surface area contributed by atoms with E-state index < -0.39 is 33.8 Å². The molecule has 0 radical (unpaired) electrons. The molecule has 3 aromatic rings. The van der Waals surface area contributed by atoms with Crippen LogP contribution in [0.3, 0.4) is 0 Å². The molecule has 2 aromatic heterocycles. The molecule has 0 fully saturated rings. The number of pyridine rings is 1. The first-order valence-corrected chi connectivity index (χ1v) is 11.6. The Hall–Kier alpha value is -3.57. The molecule has 9 nitrogen and oxygen atoms in total. The minimum Gasteiger partial charge on any atom is -0.469 e. The topological polar surface area (TPSA) is 108 Å². The van der Waals surface area contributed by atoms with Gasteiger partial charge >= 0.3 is 11.9 Å². The van der Waals surface area contributed by atoms with Gasteiger partial charge in [0.1, 0.15) is 16.8 Å². The third-order valence-electron chi connectivity index (χ3n) is 5.21. The molecule has 1 aromatic carbocycles. The molecule has 0 aliphatic rings. The zero-order valence-electron chi connectivity index (χ0n) is 18.8. The molecule has 0 aliphatic carbocycles. The van der Waals surface area contributed by atoms with Crippen molar-refractivity contribution < 1.29 is 31.9 Å². The quantitative estimate of drug-likeness (QED) is 0.422. The summed E-state index contributed by atoms with van der Waals surface area (Å²) in [5.41, 5.74) is 0.655. The van der Waals surface area contributed by atoms with Crippen LogP contribution < -0.4 is 0 Å². The highest BCUT2D eigenvalue weighted by atomic mass is 32.2. The van der Waals surface area contributed by atoms with Gasteiger partial charge in [-0.2, -0.15) is 0 Å². The molecule has 0 saturated heterocycles. The molecule has 1 atom stereocenters. The van der Waals surface area contributed by atoms with Crippen molar-refractivity contribution in [3.8, 4) is 11.3 Å². The average molecular weight is 490 g/mol. The van der Waals surface area contributed by atoms with E-state index in [0.717, 1.165) is 3.97 Å². The number of methoxy groups -OCH3 is 2. The van der Waals surface area contributed by atoms with Crippen LogP contribution in [0, 0.1) is 5.82 Å². The number of nitrogens with zero attached hydrogens (tertiary/aromatic N) is 3. The van der Waals surface area contributed by atoms with Gasteiger partial charge in [0.15, 0.2) is 0 Å². The van der Waals surface area contributed by atoms with Gasteiger partial charge in [-0.3, -0.25) is 19.5 Å². The lowest BCUT2D eigenvalue weighted by Crippen LogP contribution is -2.40. The van der Waals surface area contributed by atoms with Crippen molar-refractivity contribution in [1.82, 2.24) is 13.9 Å². The van der Waals surface area contributed by atoms with Crippen LogP contribution in [0.1, 0.15) is 12.0 Å². The number of aromatic nitrogens is 2. The Bertz CT molecular complexity index is 1280. The highest BCUT2D eigenvalue weighted by Crippen LogP contribution is 2.29. The Labute approximate surface area is 196 Å². The molecule has 0 saturated carbocycles. The van der Waals surface area contributed by atoms with E-state index in [1.807, 2.05) is 0 Å². The van der Waals surface area contributed by atoms with Crippen LogP contribution >= 0.6 is 0 Å². The predicted molar refractivity (Wildman–Crippen MR) is 121 cm³/mol. The second-order valence-electron chi connectivity index (χ2n) is 7.44. The van der Waals surface area contributed by atoms with Gasteiger partial charge in [-0.15, -0.1) is 0 Å². The first-order chi connectivity index (χ1) is 16.2. The fourth-order valence-corrected chi connectivity index (χ4v) is 4.81. The number of carbonyl (C=O) groups excluding carboxylic acids is 2. The van der Waals surface area contributed by atoms with E-state index in [1.54, 1.807) is 13.1 Å². The summed E-state index contributed by atoms with van der Waals surface area (Å²) >= 11 is 0. The van der Waals surface area contributed by atoms with Gasteiger partial charge in [-0.1, -0.05) is 12.1 Å². The van der Waals surface area contributed by atoms with Crippen molar-refractivity contribution in [1.29, 1.82) is 0 Å². The largest absolute Gasteiger partial charge is 0.469 e. The SMILES string of the molecule is COC(=O)CC(C(=O)OC)N(C)Cc1cc(-c2ccccc2F)n(S(=O)(=O)c2cccnc2)c1. The van der Waals surface area contributed by atoms with Crippen LogP contribution in [0.2, 0.25) is 0 Å². The first kappa shape index (κ1) is 25.1. The maximum atomic E-state index is 14.6. The first-order valence-electron chi connectivity index (χ1n) is 10.2. The van der Waals surface area contributed by atoms with Crippen molar-refractivity contribution >= 4 is 22.0 Å². The van der Waals surface area contributed by atoms with E-state index >= 15 is 0 Å². The van der Waals surface area contributed by atoms with Crippen molar-refractivity contribution in [3.05, 3.63) is 72.4 Å². The Kier molecular flexibility index (Phi) is 7.79. The van der Waals surface area contributed by atoms with Crippen molar-refractivity contribution in [2.45, 2.75) is 23.9 Å². The summed E-state index contributed by atoms with van der Waals surface area (Å²) in [7, 11) is -0.116. The van der Waals surface area contributed by atoms with Crippen LogP contribution in [-0.4, -0.2) is 61.5 Å². The van der Waals surface area contributed by atoms with Gasteiger partial charge in [0.25, 0.3) is 10.0 Å². The van der Waals surface area contributed by atoms with E-state index in [9.17, 15) is 22.4 Å². The maximum Gasteiger partial charge on any atom is 0.323 e. The fraction of sp³-hybridized carbons (Fsp3) is 0.261. The normalized spacial score (nSPS) is 12.4. The number of esters is 2. The Morgan fingerprint density at radius 3 is 2.50 bits per heavy atom. The van der Waals surface area contributed by atoms with Crippen LogP contribution in [0.4, 0.5) is 4.39 Å². The number of carbonyl (C=O) groups is 2. The van der Waals surface area contributed by atoms with Crippen LogP contribution in [0.15, 0.2) is 66.0 Å². The Morgan fingerprint density at radius 2 is 1.88 bits per heavy atom. The van der Waals surface area contributed by atoms with E-state index in [0.29, 0.717) is 5.56 Å². The molecule has 0 aliphatic heterocycles. The minimum atomic E-state index is -4.11. The predicted octanol–water partition coefficient (Wildman–Crippen LogP) is 2.46. The van der Waals surface area contributed by atoms with E-state index in [2.05, 4.69) is 9.72 Å². The third-order valence-corrected chi connectivity index (χ3v) is 6.87. The summed E-state index contributed by atoms with van der Waals surface area (Å²) in [6.45, 7) is 0.0633. The maximum absolute atomic E-state index is 14.6. The summed E-state index contributed by atoms with van der Waals surface area (Å²) in [6, 6.07) is 9.25. The average Bonchev–Trinajstić information content (AvgIpc) is 3.26. The van der Waals surface area contributed by atoms with Crippen molar-refractivity contribution in [2.75, 3.05) is 21.3 Å². The lowest BCUT2D eigenvalue weighted by molar-refractivity contribution is -0.153. The third kappa shape index (κ3) is 5.32. The molecule has 2 heterocycles. The van der Waals surface area contributed by atoms with Gasteiger partial charge in [0, 0.05) is 30.7 Å². The number of ether oxygens (including phenoxy) is 2. The molecule has 0 bridgehead atoms. The molecule has 0 amide bonds. The highest BCUT2D eigenvalue weighted by Gasteiger charge is 2.29. The van der Waals surface area contributed by atoms with E-state index in [4.69, 9.17) is 4.74 Å². The monoisotopic (exact) mass is 489 g/mol. The molecule has 34 heavy (non-hydrogen) atoms. The molecule has 3 rings (SSSR count). The fourth-order valence-electron chi connectivity index (χ4n) is 3.46. The summed E-state index contributed by atoms with van der Waals surface area (Å²) < 4.78 is 51.8. The smallest absolute Gasteiger partial charge is 0.323 e. The van der Waals surface area contributed by atoms with Gasteiger partial charge in [-0.05, 0) is 42.9 Å². The second kappa shape index (κ2) is 10.6. The number of benzene rings is 1. The lowest BCUT2D eigenvalue weighted by atomic mass is 10.1. The molecule has 0 spiro atoms. The molecule has 1 unspecified atom stereocenters. The molecular formula is C23H24FN3O6S. The van der Waals surface area contributed by atoms with Gasteiger partial charge < -0.3 is 9.47 Å². The Balaban J connectivity index is 2.06. The number of likely N-dealkylation sites (N-methyl/N-ethyl adjacent to an activating group) is 1. The highest BCUT2D eigenvalue weighted by molar-refractivity contribution is 7.90. The number of hydrogen-bond acceptors (Lipinski definition) is 8. The Morgan fingerprint density at radius 1 is 1.15 bits per heavy atom. The molecule has 180 valence electrons. The van der Waals surface area contributed by atoms with E-state index in [1.165, 1.54) is 74.1 Å². The van der Waals surface area contributed by atoms with Crippen molar-refractivity contribution in [2.24, 2.45) is 0 Å². The molecule has 11 heteroatoms. The summed E-state index contributed by atoms with van der Waals surface area (Å²) in [6.07, 6.45) is 3.75. The van der Waals surface area contributed by atoms with Gasteiger partial charge in [0.2, 0.25) is 0 Å². The zero-order chi connectivity index (χ0) is 24.9. The van der Waals surface area contributed by atoms with Crippen LogP contribution in [0.5, 0.6) is 0 Å². The van der Waals surface area contributed by atoms with Gasteiger partial charge in [-0.25, -0.2) is 16.8 Å². The lowest BCUT2D eigenvalue weighted by Gasteiger charge is -2.24. The summed E-state index contributed by atoms with van der Waals surface area (Å²) in [5, 5.41) is 0. The van der Waals surface area contributed by atoms with E-state index in [-0.39, 0.29) is 29.1 Å². The van der Waals surface area contributed by atoms with Crippen LogP contribution in [0.25, 0.3) is 11.3 Å².